The number of hydrogen-bond donors (Lipinski definition) is 1. The van der Waals surface area contributed by atoms with Gasteiger partial charge in [-0.3, -0.25) is 4.79 Å². The zero-order valence-corrected chi connectivity index (χ0v) is 12.1. The fraction of sp³-hybridized carbons (Fsp3) is 0.562. The highest BCUT2D eigenvalue weighted by atomic mass is 19.1. The molecule has 1 aliphatic rings. The van der Waals surface area contributed by atoms with Gasteiger partial charge in [-0.15, -0.1) is 0 Å². The Morgan fingerprint density at radius 3 is 2.80 bits per heavy atom. The first kappa shape index (κ1) is 15.0. The Balaban J connectivity index is 2.45. The number of carbonyl (C=O) groups is 1. The summed E-state index contributed by atoms with van der Waals surface area (Å²) in [5.41, 5.74) is -0.285. The van der Waals surface area contributed by atoms with Crippen molar-refractivity contribution in [3.63, 3.8) is 0 Å². The van der Waals surface area contributed by atoms with Gasteiger partial charge in [-0.1, -0.05) is 26.0 Å². The van der Waals surface area contributed by atoms with Crippen molar-refractivity contribution in [3.8, 4) is 0 Å². The lowest BCUT2D eigenvalue weighted by Crippen LogP contribution is -2.42. The van der Waals surface area contributed by atoms with Gasteiger partial charge in [0.15, 0.2) is 0 Å². The van der Waals surface area contributed by atoms with Crippen molar-refractivity contribution in [1.29, 1.82) is 0 Å². The van der Waals surface area contributed by atoms with Crippen molar-refractivity contribution >= 4 is 5.97 Å². The third-order valence-corrected chi connectivity index (χ3v) is 4.06. The van der Waals surface area contributed by atoms with E-state index >= 15 is 0 Å². The summed E-state index contributed by atoms with van der Waals surface area (Å²) in [5.74, 6) is -1.49. The molecule has 4 heteroatoms. The van der Waals surface area contributed by atoms with Crippen molar-refractivity contribution < 1.29 is 19.0 Å². The van der Waals surface area contributed by atoms with E-state index in [0.29, 0.717) is 24.0 Å². The van der Waals surface area contributed by atoms with Gasteiger partial charge in [-0.05, 0) is 42.9 Å². The second kappa shape index (κ2) is 5.52. The molecule has 20 heavy (non-hydrogen) atoms. The van der Waals surface area contributed by atoms with Gasteiger partial charge in [-0.2, -0.15) is 0 Å². The summed E-state index contributed by atoms with van der Waals surface area (Å²) in [5, 5.41) is 11.0. The van der Waals surface area contributed by atoms with E-state index in [1.54, 1.807) is 19.1 Å². The minimum absolute atomic E-state index is 0.0896. The molecular weight excluding hydrogens is 259 g/mol. The first-order valence-corrected chi connectivity index (χ1v) is 7.08. The fourth-order valence-electron chi connectivity index (χ4n) is 3.24. The van der Waals surface area contributed by atoms with Gasteiger partial charge < -0.3 is 9.84 Å². The van der Waals surface area contributed by atoms with E-state index in [0.717, 1.165) is 0 Å². The van der Waals surface area contributed by atoms with E-state index in [2.05, 4.69) is 0 Å². The van der Waals surface area contributed by atoms with Crippen molar-refractivity contribution in [2.24, 2.45) is 11.8 Å². The SMILES string of the molecule is CCOC(=O)C(C(C)C)C1(O)CCc2c(F)cccc21. The minimum atomic E-state index is -1.34. The third kappa shape index (κ3) is 2.33. The molecule has 0 saturated heterocycles. The van der Waals surface area contributed by atoms with Crippen LogP contribution in [0.25, 0.3) is 0 Å². The highest BCUT2D eigenvalue weighted by molar-refractivity contribution is 5.75. The Kier molecular flexibility index (Phi) is 4.14. The second-order valence-electron chi connectivity index (χ2n) is 5.66. The number of halogens is 1. The van der Waals surface area contributed by atoms with Gasteiger partial charge in [-0.25, -0.2) is 4.39 Å². The zero-order chi connectivity index (χ0) is 14.9. The van der Waals surface area contributed by atoms with Gasteiger partial charge in [0.2, 0.25) is 0 Å². The molecule has 1 aromatic carbocycles. The van der Waals surface area contributed by atoms with Crippen LogP contribution in [0.5, 0.6) is 0 Å². The Hall–Kier alpha value is -1.42. The molecule has 110 valence electrons. The standard InChI is InChI=1S/C16H21FO3/c1-4-20-15(18)14(10(2)3)16(19)9-8-11-12(16)6-5-7-13(11)17/h5-7,10,14,19H,4,8-9H2,1-3H3. The summed E-state index contributed by atoms with van der Waals surface area (Å²) < 4.78 is 18.9. The van der Waals surface area contributed by atoms with E-state index in [-0.39, 0.29) is 18.3 Å². The van der Waals surface area contributed by atoms with E-state index in [4.69, 9.17) is 4.74 Å². The van der Waals surface area contributed by atoms with Gasteiger partial charge in [0.25, 0.3) is 0 Å². The predicted molar refractivity (Wildman–Crippen MR) is 73.6 cm³/mol. The maximum Gasteiger partial charge on any atom is 0.312 e. The fourth-order valence-corrected chi connectivity index (χ4v) is 3.24. The highest BCUT2D eigenvalue weighted by Gasteiger charge is 2.49. The van der Waals surface area contributed by atoms with E-state index in [1.165, 1.54) is 6.07 Å². The van der Waals surface area contributed by atoms with Gasteiger partial charge in [0.05, 0.1) is 12.5 Å². The van der Waals surface area contributed by atoms with Crippen molar-refractivity contribution in [2.75, 3.05) is 6.61 Å². The minimum Gasteiger partial charge on any atom is -0.466 e. The Morgan fingerprint density at radius 2 is 2.20 bits per heavy atom. The average Bonchev–Trinajstić information content (AvgIpc) is 2.69. The number of esters is 1. The highest BCUT2D eigenvalue weighted by Crippen LogP contribution is 2.46. The van der Waals surface area contributed by atoms with Crippen molar-refractivity contribution in [2.45, 2.75) is 39.2 Å². The molecule has 0 aliphatic heterocycles. The van der Waals surface area contributed by atoms with Crippen molar-refractivity contribution in [1.82, 2.24) is 0 Å². The van der Waals surface area contributed by atoms with Crippen LogP contribution in [-0.4, -0.2) is 17.7 Å². The summed E-state index contributed by atoms with van der Waals surface area (Å²) in [7, 11) is 0. The number of hydrogen-bond acceptors (Lipinski definition) is 3. The zero-order valence-electron chi connectivity index (χ0n) is 12.1. The number of rotatable bonds is 4. The van der Waals surface area contributed by atoms with Crippen LogP contribution in [0.1, 0.15) is 38.3 Å². The molecule has 2 rings (SSSR count). The number of fused-ring (bicyclic) bond motifs is 1. The van der Waals surface area contributed by atoms with E-state index in [1.807, 2.05) is 13.8 Å². The van der Waals surface area contributed by atoms with Crippen LogP contribution in [0, 0.1) is 17.7 Å². The molecular formula is C16H21FO3. The van der Waals surface area contributed by atoms with Gasteiger partial charge >= 0.3 is 5.97 Å². The Bertz CT molecular complexity index is 512. The van der Waals surface area contributed by atoms with Crippen LogP contribution in [0.4, 0.5) is 4.39 Å². The molecule has 2 atom stereocenters. The third-order valence-electron chi connectivity index (χ3n) is 4.06. The van der Waals surface area contributed by atoms with E-state index < -0.39 is 17.5 Å². The molecule has 0 heterocycles. The lowest BCUT2D eigenvalue weighted by molar-refractivity contribution is -0.163. The summed E-state index contributed by atoms with van der Waals surface area (Å²) >= 11 is 0. The number of aliphatic hydroxyl groups is 1. The van der Waals surface area contributed by atoms with Crippen molar-refractivity contribution in [3.05, 3.63) is 35.1 Å². The maximum atomic E-state index is 13.8. The van der Waals surface area contributed by atoms with Crippen LogP contribution < -0.4 is 0 Å². The van der Waals surface area contributed by atoms with Crippen LogP contribution >= 0.6 is 0 Å². The molecule has 0 spiro atoms. The van der Waals surface area contributed by atoms with Crippen LogP contribution in [0.3, 0.4) is 0 Å². The molecule has 1 aromatic rings. The number of carbonyl (C=O) groups excluding carboxylic acids is 1. The molecule has 2 unspecified atom stereocenters. The lowest BCUT2D eigenvalue weighted by atomic mass is 9.76. The monoisotopic (exact) mass is 280 g/mol. The number of ether oxygens (including phenoxy) is 1. The first-order valence-electron chi connectivity index (χ1n) is 7.08. The Morgan fingerprint density at radius 1 is 1.50 bits per heavy atom. The predicted octanol–water partition coefficient (Wildman–Crippen LogP) is 2.79. The van der Waals surface area contributed by atoms with Gasteiger partial charge in [0.1, 0.15) is 11.4 Å². The molecule has 1 N–H and O–H groups in total. The molecule has 3 nitrogen and oxygen atoms in total. The summed E-state index contributed by atoms with van der Waals surface area (Å²) in [6, 6.07) is 4.67. The summed E-state index contributed by atoms with van der Waals surface area (Å²) in [6.45, 7) is 5.75. The van der Waals surface area contributed by atoms with Crippen LogP contribution in [0.2, 0.25) is 0 Å². The molecule has 0 radical (unpaired) electrons. The largest absolute Gasteiger partial charge is 0.466 e. The maximum absolute atomic E-state index is 13.8. The summed E-state index contributed by atoms with van der Waals surface area (Å²) in [4.78, 5) is 12.2. The van der Waals surface area contributed by atoms with E-state index in [9.17, 15) is 14.3 Å². The molecule has 0 fully saturated rings. The lowest BCUT2D eigenvalue weighted by Gasteiger charge is -2.34. The Labute approximate surface area is 118 Å². The first-order chi connectivity index (χ1) is 9.41. The molecule has 0 bridgehead atoms. The number of benzene rings is 1. The second-order valence-corrected chi connectivity index (χ2v) is 5.66. The molecule has 1 aliphatic carbocycles. The normalized spacial score (nSPS) is 22.7. The van der Waals surface area contributed by atoms with Gasteiger partial charge in [0, 0.05) is 0 Å². The average molecular weight is 280 g/mol. The summed E-state index contributed by atoms with van der Waals surface area (Å²) in [6.07, 6.45) is 0.798. The molecule has 0 saturated carbocycles. The molecule has 0 amide bonds. The smallest absolute Gasteiger partial charge is 0.312 e. The topological polar surface area (TPSA) is 46.5 Å². The molecule has 0 aromatic heterocycles. The quantitative estimate of drug-likeness (QED) is 0.863. The van der Waals surface area contributed by atoms with Crippen LogP contribution in [-0.2, 0) is 21.6 Å². The van der Waals surface area contributed by atoms with Crippen LogP contribution in [0.15, 0.2) is 18.2 Å².